The highest BCUT2D eigenvalue weighted by Gasteiger charge is 2.05. The zero-order valence-electron chi connectivity index (χ0n) is 11.8. The number of aryl methyl sites for hydroxylation is 2. The predicted molar refractivity (Wildman–Crippen MR) is 78.8 cm³/mol. The minimum atomic E-state index is -0.436. The fraction of sp³-hybridized carbons (Fsp3) is 0.250. The van der Waals surface area contributed by atoms with Crippen molar-refractivity contribution in [3.63, 3.8) is 0 Å². The maximum Gasteiger partial charge on any atom is 0.251 e. The highest BCUT2D eigenvalue weighted by atomic mass is 19.1. The first-order chi connectivity index (χ1) is 10.1. The lowest BCUT2D eigenvalue weighted by atomic mass is 10.2. The van der Waals surface area contributed by atoms with E-state index in [0.29, 0.717) is 25.1 Å². The molecule has 0 bridgehead atoms. The van der Waals surface area contributed by atoms with Crippen molar-refractivity contribution in [1.82, 2.24) is 9.88 Å². The molecule has 21 heavy (non-hydrogen) atoms. The van der Waals surface area contributed by atoms with Crippen molar-refractivity contribution >= 4 is 5.91 Å². The molecule has 0 atom stereocenters. The summed E-state index contributed by atoms with van der Waals surface area (Å²) in [5, 5.41) is 2.71. The number of nitrogens with one attached hydrogen (secondary N) is 1. The predicted octanol–water partition coefficient (Wildman–Crippen LogP) is 2.12. The van der Waals surface area contributed by atoms with Gasteiger partial charge in [0.05, 0.1) is 0 Å². The van der Waals surface area contributed by atoms with Crippen molar-refractivity contribution < 1.29 is 9.18 Å². The summed E-state index contributed by atoms with van der Waals surface area (Å²) in [7, 11) is 0. The Morgan fingerprint density at radius 2 is 2.10 bits per heavy atom. The Morgan fingerprint density at radius 3 is 2.81 bits per heavy atom. The highest BCUT2D eigenvalue weighted by molar-refractivity contribution is 5.94. The quantitative estimate of drug-likeness (QED) is 0.857. The molecule has 0 aliphatic heterocycles. The summed E-state index contributed by atoms with van der Waals surface area (Å²) in [5.41, 5.74) is 1.17. The summed E-state index contributed by atoms with van der Waals surface area (Å²) in [6.45, 7) is 2.82. The first-order valence-electron chi connectivity index (χ1n) is 6.77. The Hall–Kier alpha value is -2.43. The van der Waals surface area contributed by atoms with E-state index in [1.54, 1.807) is 22.9 Å². The molecule has 1 aromatic carbocycles. The van der Waals surface area contributed by atoms with E-state index in [1.807, 2.05) is 13.0 Å². The van der Waals surface area contributed by atoms with Crippen LogP contribution in [0, 0.1) is 12.7 Å². The van der Waals surface area contributed by atoms with Crippen LogP contribution >= 0.6 is 0 Å². The first-order valence-corrected chi connectivity index (χ1v) is 6.77. The number of aromatic nitrogens is 1. The zero-order chi connectivity index (χ0) is 15.2. The normalized spacial score (nSPS) is 10.4. The summed E-state index contributed by atoms with van der Waals surface area (Å²) in [4.78, 5) is 23.4. The van der Waals surface area contributed by atoms with Gasteiger partial charge in [-0.2, -0.15) is 0 Å². The van der Waals surface area contributed by atoms with Gasteiger partial charge in [-0.05, 0) is 43.2 Å². The van der Waals surface area contributed by atoms with E-state index in [4.69, 9.17) is 0 Å². The molecule has 1 N–H and O–H groups in total. The van der Waals surface area contributed by atoms with Crippen molar-refractivity contribution in [3.8, 4) is 0 Å². The fourth-order valence-electron chi connectivity index (χ4n) is 1.97. The van der Waals surface area contributed by atoms with Crippen LogP contribution in [-0.4, -0.2) is 17.0 Å². The van der Waals surface area contributed by atoms with Crippen LogP contribution in [0.3, 0.4) is 0 Å². The van der Waals surface area contributed by atoms with Crippen molar-refractivity contribution in [1.29, 1.82) is 0 Å². The van der Waals surface area contributed by atoms with Gasteiger partial charge in [0.2, 0.25) is 0 Å². The topological polar surface area (TPSA) is 51.1 Å². The van der Waals surface area contributed by atoms with E-state index in [-0.39, 0.29) is 11.5 Å². The molecule has 0 spiro atoms. The number of hydrogen-bond acceptors (Lipinski definition) is 2. The number of benzene rings is 1. The molecule has 5 heteroatoms. The molecule has 0 saturated heterocycles. The van der Waals surface area contributed by atoms with E-state index >= 15 is 0 Å². The first kappa shape index (κ1) is 15.0. The van der Waals surface area contributed by atoms with Crippen LogP contribution in [0.1, 0.15) is 22.3 Å². The Kier molecular flexibility index (Phi) is 4.87. The third-order valence-corrected chi connectivity index (χ3v) is 3.10. The van der Waals surface area contributed by atoms with Crippen LogP contribution in [-0.2, 0) is 6.54 Å². The van der Waals surface area contributed by atoms with Crippen LogP contribution in [0.5, 0.6) is 0 Å². The van der Waals surface area contributed by atoms with Crippen LogP contribution < -0.4 is 10.9 Å². The molecular formula is C16H17FN2O2. The van der Waals surface area contributed by atoms with Gasteiger partial charge in [-0.1, -0.05) is 6.07 Å². The van der Waals surface area contributed by atoms with E-state index in [2.05, 4.69) is 5.32 Å². The van der Waals surface area contributed by atoms with Gasteiger partial charge in [0.15, 0.2) is 0 Å². The van der Waals surface area contributed by atoms with E-state index < -0.39 is 5.82 Å². The van der Waals surface area contributed by atoms with E-state index in [9.17, 15) is 14.0 Å². The third kappa shape index (κ3) is 4.27. The van der Waals surface area contributed by atoms with Crippen molar-refractivity contribution in [2.75, 3.05) is 6.54 Å². The Bertz CT molecular complexity index is 695. The van der Waals surface area contributed by atoms with Crippen molar-refractivity contribution in [2.45, 2.75) is 19.9 Å². The molecule has 2 rings (SSSR count). The minimum absolute atomic E-state index is 0.0496. The summed E-state index contributed by atoms with van der Waals surface area (Å²) < 4.78 is 14.6. The largest absolute Gasteiger partial charge is 0.352 e. The lowest BCUT2D eigenvalue weighted by Crippen LogP contribution is -2.27. The second-order valence-electron chi connectivity index (χ2n) is 4.86. The lowest BCUT2D eigenvalue weighted by Gasteiger charge is -2.07. The molecule has 1 aromatic heterocycles. The minimum Gasteiger partial charge on any atom is -0.352 e. The molecule has 0 aliphatic rings. The van der Waals surface area contributed by atoms with Crippen LogP contribution in [0.2, 0.25) is 0 Å². The Balaban J connectivity index is 1.82. The summed E-state index contributed by atoms with van der Waals surface area (Å²) >= 11 is 0. The Labute approximate surface area is 122 Å². The number of nitrogens with zero attached hydrogens (tertiary/aromatic N) is 1. The molecule has 4 nitrogen and oxygen atoms in total. The van der Waals surface area contributed by atoms with Crippen LogP contribution in [0.25, 0.3) is 0 Å². The average Bonchev–Trinajstić information content (AvgIpc) is 2.45. The molecule has 1 amide bonds. The molecule has 1 heterocycles. The number of carbonyl (C=O) groups is 1. The third-order valence-electron chi connectivity index (χ3n) is 3.10. The fourth-order valence-corrected chi connectivity index (χ4v) is 1.97. The summed E-state index contributed by atoms with van der Waals surface area (Å²) in [6.07, 6.45) is 2.37. The molecule has 110 valence electrons. The van der Waals surface area contributed by atoms with E-state index in [0.717, 1.165) is 5.56 Å². The lowest BCUT2D eigenvalue weighted by molar-refractivity contribution is 0.0952. The SMILES string of the molecule is Cc1ccn(CCCNC(=O)c2cccc(F)c2)c(=O)c1. The highest BCUT2D eigenvalue weighted by Crippen LogP contribution is 2.03. The molecule has 0 unspecified atom stereocenters. The summed E-state index contributed by atoms with van der Waals surface area (Å²) in [6, 6.07) is 8.98. The summed E-state index contributed by atoms with van der Waals surface area (Å²) in [5.74, 6) is -0.750. The second kappa shape index (κ2) is 6.83. The van der Waals surface area contributed by atoms with Gasteiger partial charge < -0.3 is 9.88 Å². The smallest absolute Gasteiger partial charge is 0.251 e. The van der Waals surface area contributed by atoms with Gasteiger partial charge >= 0.3 is 0 Å². The molecule has 0 saturated carbocycles. The monoisotopic (exact) mass is 288 g/mol. The number of pyridine rings is 1. The number of halogens is 1. The standard InChI is InChI=1S/C16H17FN2O2/c1-12-6-9-19(15(20)10-12)8-3-7-18-16(21)13-4-2-5-14(17)11-13/h2,4-6,9-11H,3,7-8H2,1H3,(H,18,21). The zero-order valence-corrected chi connectivity index (χ0v) is 11.8. The van der Waals surface area contributed by atoms with Gasteiger partial charge in [-0.15, -0.1) is 0 Å². The molecular weight excluding hydrogens is 271 g/mol. The molecule has 0 radical (unpaired) electrons. The van der Waals surface area contributed by atoms with Crippen molar-refractivity contribution in [2.24, 2.45) is 0 Å². The molecule has 0 aliphatic carbocycles. The Morgan fingerprint density at radius 1 is 1.29 bits per heavy atom. The molecule has 2 aromatic rings. The number of amides is 1. The number of carbonyl (C=O) groups excluding carboxylic acids is 1. The van der Waals surface area contributed by atoms with Gasteiger partial charge in [-0.25, -0.2) is 4.39 Å². The van der Waals surface area contributed by atoms with Gasteiger partial charge in [0, 0.05) is 30.9 Å². The maximum atomic E-state index is 13.0. The van der Waals surface area contributed by atoms with Gasteiger partial charge in [0.25, 0.3) is 11.5 Å². The van der Waals surface area contributed by atoms with Gasteiger partial charge in [0.1, 0.15) is 5.82 Å². The van der Waals surface area contributed by atoms with E-state index in [1.165, 1.54) is 18.2 Å². The van der Waals surface area contributed by atoms with Crippen LogP contribution in [0.15, 0.2) is 47.4 Å². The van der Waals surface area contributed by atoms with Crippen molar-refractivity contribution in [3.05, 3.63) is 69.9 Å². The van der Waals surface area contributed by atoms with Crippen LogP contribution in [0.4, 0.5) is 4.39 Å². The van der Waals surface area contributed by atoms with Gasteiger partial charge in [-0.3, -0.25) is 9.59 Å². The average molecular weight is 288 g/mol. The second-order valence-corrected chi connectivity index (χ2v) is 4.86. The number of hydrogen-bond donors (Lipinski definition) is 1. The molecule has 0 fully saturated rings. The number of rotatable bonds is 5. The maximum absolute atomic E-state index is 13.0.